The van der Waals surface area contributed by atoms with E-state index in [1.807, 2.05) is 23.0 Å². The molecular weight excluding hydrogens is 286 g/mol. The van der Waals surface area contributed by atoms with Gasteiger partial charge in [0, 0.05) is 12.7 Å². The zero-order valence-electron chi connectivity index (χ0n) is 14.2. The van der Waals surface area contributed by atoms with E-state index in [0.717, 1.165) is 37.1 Å². The van der Waals surface area contributed by atoms with Crippen LogP contribution < -0.4 is 4.74 Å². The minimum absolute atomic E-state index is 0.783. The summed E-state index contributed by atoms with van der Waals surface area (Å²) >= 11 is 0. The van der Waals surface area contributed by atoms with Gasteiger partial charge in [-0.1, -0.05) is 13.3 Å². The molecule has 1 saturated carbocycles. The molecule has 0 unspecified atom stereocenters. The summed E-state index contributed by atoms with van der Waals surface area (Å²) in [4.78, 5) is 2.35. The first-order valence-corrected chi connectivity index (χ1v) is 8.71. The SMILES string of the molecule is CCCCN(C)Cc1ccnn1-c1ccc(OCC2CC2)cc1. The van der Waals surface area contributed by atoms with Gasteiger partial charge in [-0.15, -0.1) is 0 Å². The molecule has 0 aliphatic heterocycles. The van der Waals surface area contributed by atoms with Gasteiger partial charge in [0.2, 0.25) is 0 Å². The van der Waals surface area contributed by atoms with Crippen molar-refractivity contribution in [2.75, 3.05) is 20.2 Å². The van der Waals surface area contributed by atoms with E-state index in [1.54, 1.807) is 0 Å². The molecule has 1 aliphatic rings. The highest BCUT2D eigenvalue weighted by molar-refractivity contribution is 5.38. The summed E-state index contributed by atoms with van der Waals surface area (Å²) in [7, 11) is 2.17. The third kappa shape index (κ3) is 4.58. The quantitative estimate of drug-likeness (QED) is 0.703. The zero-order valence-corrected chi connectivity index (χ0v) is 14.2. The lowest BCUT2D eigenvalue weighted by molar-refractivity contribution is 0.299. The molecule has 1 aliphatic carbocycles. The summed E-state index contributed by atoms with van der Waals surface area (Å²) in [6, 6.07) is 10.4. The first-order chi connectivity index (χ1) is 11.3. The van der Waals surface area contributed by atoms with Crippen LogP contribution in [-0.4, -0.2) is 34.9 Å². The van der Waals surface area contributed by atoms with Crippen LogP contribution in [-0.2, 0) is 6.54 Å². The number of rotatable bonds is 9. The van der Waals surface area contributed by atoms with Crippen LogP contribution >= 0.6 is 0 Å². The van der Waals surface area contributed by atoms with Gasteiger partial charge in [0.15, 0.2) is 0 Å². The second-order valence-corrected chi connectivity index (χ2v) is 6.57. The Morgan fingerprint density at radius 1 is 1.22 bits per heavy atom. The summed E-state index contributed by atoms with van der Waals surface area (Å²) < 4.78 is 7.82. The van der Waals surface area contributed by atoms with E-state index in [2.05, 4.69) is 42.2 Å². The Labute approximate surface area is 139 Å². The zero-order chi connectivity index (χ0) is 16.1. The Hall–Kier alpha value is -1.81. The van der Waals surface area contributed by atoms with Crippen molar-refractivity contribution >= 4 is 0 Å². The minimum atomic E-state index is 0.783. The third-order valence-corrected chi connectivity index (χ3v) is 4.31. The highest BCUT2D eigenvalue weighted by atomic mass is 16.5. The van der Waals surface area contributed by atoms with E-state index in [9.17, 15) is 0 Å². The number of nitrogens with zero attached hydrogens (tertiary/aromatic N) is 3. The van der Waals surface area contributed by atoms with Crippen molar-refractivity contribution in [1.29, 1.82) is 0 Å². The van der Waals surface area contributed by atoms with Gasteiger partial charge in [-0.25, -0.2) is 4.68 Å². The first kappa shape index (κ1) is 16.1. The van der Waals surface area contributed by atoms with Gasteiger partial charge in [0.25, 0.3) is 0 Å². The van der Waals surface area contributed by atoms with Gasteiger partial charge in [0.1, 0.15) is 5.75 Å². The van der Waals surface area contributed by atoms with Gasteiger partial charge >= 0.3 is 0 Å². The van der Waals surface area contributed by atoms with Crippen molar-refractivity contribution in [3.63, 3.8) is 0 Å². The van der Waals surface area contributed by atoms with Gasteiger partial charge in [0.05, 0.1) is 18.0 Å². The number of ether oxygens (including phenoxy) is 1. The predicted molar refractivity (Wildman–Crippen MR) is 93.0 cm³/mol. The molecule has 0 atom stereocenters. The summed E-state index contributed by atoms with van der Waals surface area (Å²) in [5, 5.41) is 4.48. The van der Waals surface area contributed by atoms with E-state index in [-0.39, 0.29) is 0 Å². The molecule has 1 aromatic heterocycles. The maximum atomic E-state index is 5.80. The van der Waals surface area contributed by atoms with E-state index < -0.39 is 0 Å². The lowest BCUT2D eigenvalue weighted by atomic mass is 10.2. The lowest BCUT2D eigenvalue weighted by Crippen LogP contribution is -2.20. The van der Waals surface area contributed by atoms with Gasteiger partial charge in [-0.05, 0) is 69.1 Å². The van der Waals surface area contributed by atoms with E-state index in [0.29, 0.717) is 0 Å². The van der Waals surface area contributed by atoms with Crippen molar-refractivity contribution in [2.45, 2.75) is 39.2 Å². The molecule has 0 radical (unpaired) electrons. The van der Waals surface area contributed by atoms with Crippen LogP contribution in [0.1, 0.15) is 38.3 Å². The topological polar surface area (TPSA) is 30.3 Å². The maximum Gasteiger partial charge on any atom is 0.119 e. The average molecular weight is 313 g/mol. The fraction of sp³-hybridized carbons (Fsp3) is 0.526. The van der Waals surface area contributed by atoms with E-state index in [1.165, 1.54) is 31.4 Å². The summed E-state index contributed by atoms with van der Waals surface area (Å²) in [5.41, 5.74) is 2.31. The Balaban J connectivity index is 1.63. The van der Waals surface area contributed by atoms with Crippen LogP contribution in [0.3, 0.4) is 0 Å². The number of unbranched alkanes of at least 4 members (excludes halogenated alkanes) is 1. The Morgan fingerprint density at radius 3 is 2.70 bits per heavy atom. The second-order valence-electron chi connectivity index (χ2n) is 6.57. The van der Waals surface area contributed by atoms with Gasteiger partial charge in [-0.3, -0.25) is 0 Å². The van der Waals surface area contributed by atoms with Crippen molar-refractivity contribution < 1.29 is 4.74 Å². The van der Waals surface area contributed by atoms with E-state index >= 15 is 0 Å². The monoisotopic (exact) mass is 313 g/mol. The number of aromatic nitrogens is 2. The Morgan fingerprint density at radius 2 is 2.00 bits per heavy atom. The number of hydrogen-bond acceptors (Lipinski definition) is 3. The number of hydrogen-bond donors (Lipinski definition) is 0. The van der Waals surface area contributed by atoms with Crippen molar-refractivity contribution in [1.82, 2.24) is 14.7 Å². The molecule has 1 aromatic carbocycles. The molecule has 4 nitrogen and oxygen atoms in total. The molecule has 0 N–H and O–H groups in total. The molecule has 2 aromatic rings. The average Bonchev–Trinajstić information content (AvgIpc) is 3.29. The highest BCUT2D eigenvalue weighted by Gasteiger charge is 2.21. The molecule has 1 fully saturated rings. The number of benzene rings is 1. The smallest absolute Gasteiger partial charge is 0.119 e. The lowest BCUT2D eigenvalue weighted by Gasteiger charge is -2.17. The van der Waals surface area contributed by atoms with Crippen LogP contribution in [0.15, 0.2) is 36.5 Å². The molecule has 0 saturated heterocycles. The molecule has 3 rings (SSSR count). The largest absolute Gasteiger partial charge is 0.493 e. The molecule has 1 heterocycles. The molecular formula is C19H27N3O. The molecule has 0 amide bonds. The predicted octanol–water partition coefficient (Wildman–Crippen LogP) is 3.89. The summed E-state index contributed by atoms with van der Waals surface area (Å²) in [5.74, 6) is 1.74. The first-order valence-electron chi connectivity index (χ1n) is 8.71. The third-order valence-electron chi connectivity index (χ3n) is 4.31. The summed E-state index contributed by atoms with van der Waals surface area (Å²) in [6.07, 6.45) is 6.98. The van der Waals surface area contributed by atoms with Crippen LogP contribution in [0.2, 0.25) is 0 Å². The van der Waals surface area contributed by atoms with Crippen LogP contribution in [0.4, 0.5) is 0 Å². The Kier molecular flexibility index (Phi) is 5.34. The van der Waals surface area contributed by atoms with E-state index in [4.69, 9.17) is 4.74 Å². The normalized spacial score (nSPS) is 14.4. The van der Waals surface area contributed by atoms with Gasteiger partial charge < -0.3 is 9.64 Å². The molecule has 23 heavy (non-hydrogen) atoms. The van der Waals surface area contributed by atoms with Crippen LogP contribution in [0, 0.1) is 5.92 Å². The van der Waals surface area contributed by atoms with Crippen molar-refractivity contribution in [2.24, 2.45) is 5.92 Å². The minimum Gasteiger partial charge on any atom is -0.493 e. The van der Waals surface area contributed by atoms with Gasteiger partial charge in [-0.2, -0.15) is 5.10 Å². The molecule has 124 valence electrons. The van der Waals surface area contributed by atoms with Crippen LogP contribution in [0.25, 0.3) is 5.69 Å². The van der Waals surface area contributed by atoms with Crippen LogP contribution in [0.5, 0.6) is 5.75 Å². The Bertz CT molecular complexity index is 601. The van der Waals surface area contributed by atoms with Crippen molar-refractivity contribution in [3.8, 4) is 11.4 Å². The fourth-order valence-electron chi connectivity index (χ4n) is 2.65. The maximum absolute atomic E-state index is 5.80. The molecule has 0 spiro atoms. The fourth-order valence-corrected chi connectivity index (χ4v) is 2.65. The molecule has 0 bridgehead atoms. The standard InChI is InChI=1S/C19H27N3O/c1-3-4-13-21(2)14-18-11-12-20-22(18)17-7-9-19(10-8-17)23-15-16-5-6-16/h7-12,16H,3-6,13-15H2,1-2H3. The highest BCUT2D eigenvalue weighted by Crippen LogP contribution is 2.29. The van der Waals surface area contributed by atoms with Crippen molar-refractivity contribution in [3.05, 3.63) is 42.2 Å². The molecule has 4 heteroatoms. The summed E-state index contributed by atoms with van der Waals surface area (Å²) in [6.45, 7) is 5.12. The second kappa shape index (κ2) is 7.64.